The summed E-state index contributed by atoms with van der Waals surface area (Å²) in [6.07, 6.45) is 0.997. The van der Waals surface area contributed by atoms with E-state index in [0.717, 1.165) is 24.2 Å². The zero-order chi connectivity index (χ0) is 13.2. The van der Waals surface area contributed by atoms with Crippen LogP contribution >= 0.6 is 11.3 Å². The second-order valence-corrected chi connectivity index (χ2v) is 5.74. The van der Waals surface area contributed by atoms with Crippen LogP contribution in [0.3, 0.4) is 0 Å². The summed E-state index contributed by atoms with van der Waals surface area (Å²) >= 11 is 1.66. The van der Waals surface area contributed by atoms with E-state index in [1.54, 1.807) is 11.3 Å². The Morgan fingerprint density at radius 1 is 1.42 bits per heavy atom. The normalized spacial score (nSPS) is 14.6. The highest BCUT2D eigenvalue weighted by Gasteiger charge is 2.15. The number of fused-ring (bicyclic) bond motifs is 1. The molecule has 0 fully saturated rings. The fraction of sp³-hybridized carbons (Fsp3) is 0.267. The fourth-order valence-corrected chi connectivity index (χ4v) is 3.07. The highest BCUT2D eigenvalue weighted by molar-refractivity contribution is 7.10. The van der Waals surface area contributed by atoms with Gasteiger partial charge in [-0.1, -0.05) is 6.07 Å². The lowest BCUT2D eigenvalue weighted by Crippen LogP contribution is -2.26. The van der Waals surface area contributed by atoms with Crippen LogP contribution in [0, 0.1) is 0 Å². The van der Waals surface area contributed by atoms with Gasteiger partial charge in [-0.05, 0) is 48.6 Å². The van der Waals surface area contributed by atoms with Crippen molar-refractivity contribution in [2.75, 3.05) is 11.9 Å². The fourth-order valence-electron chi connectivity index (χ4n) is 2.33. The number of amides is 1. The van der Waals surface area contributed by atoms with Crippen LogP contribution in [0.5, 0.6) is 0 Å². The molecule has 4 heteroatoms. The molecule has 19 heavy (non-hydrogen) atoms. The monoisotopic (exact) mass is 272 g/mol. The molecule has 2 aromatic rings. The van der Waals surface area contributed by atoms with Gasteiger partial charge in [0.1, 0.15) is 0 Å². The van der Waals surface area contributed by atoms with E-state index in [9.17, 15) is 4.79 Å². The van der Waals surface area contributed by atoms with Crippen molar-refractivity contribution in [2.45, 2.75) is 19.4 Å². The molecule has 3 rings (SSSR count). The second-order valence-electron chi connectivity index (χ2n) is 4.76. The van der Waals surface area contributed by atoms with Crippen molar-refractivity contribution in [3.63, 3.8) is 0 Å². The Morgan fingerprint density at radius 3 is 3.11 bits per heavy atom. The Bertz CT molecular complexity index is 592. The number of nitrogens with one attached hydrogen (secondary N) is 2. The molecule has 0 unspecified atom stereocenters. The third kappa shape index (κ3) is 2.49. The summed E-state index contributed by atoms with van der Waals surface area (Å²) in [5.74, 6) is -0.00407. The van der Waals surface area contributed by atoms with E-state index in [1.807, 2.05) is 42.6 Å². The summed E-state index contributed by atoms with van der Waals surface area (Å²) < 4.78 is 0. The van der Waals surface area contributed by atoms with Gasteiger partial charge in [0.15, 0.2) is 0 Å². The standard InChI is InChI=1S/C15H16N2OS/c1-10(14-3-2-8-19-14)17-15(18)12-4-5-13-11(9-12)6-7-16-13/h2-5,8-10,16H,6-7H2,1H3,(H,17,18)/t10-/m1/s1. The number of carbonyl (C=O) groups excluding carboxylic acids is 1. The van der Waals surface area contributed by atoms with Crippen molar-refractivity contribution in [3.8, 4) is 0 Å². The van der Waals surface area contributed by atoms with E-state index < -0.39 is 0 Å². The van der Waals surface area contributed by atoms with Crippen LogP contribution in [0.15, 0.2) is 35.7 Å². The maximum absolute atomic E-state index is 12.2. The predicted molar refractivity (Wildman–Crippen MR) is 78.8 cm³/mol. The minimum absolute atomic E-state index is 0.00407. The van der Waals surface area contributed by atoms with Crippen LogP contribution in [0.25, 0.3) is 0 Å². The van der Waals surface area contributed by atoms with Crippen LogP contribution in [-0.2, 0) is 6.42 Å². The smallest absolute Gasteiger partial charge is 0.251 e. The molecule has 0 saturated carbocycles. The van der Waals surface area contributed by atoms with E-state index in [0.29, 0.717) is 0 Å². The van der Waals surface area contributed by atoms with Gasteiger partial charge in [-0.15, -0.1) is 11.3 Å². The molecule has 2 N–H and O–H groups in total. The first kappa shape index (κ1) is 12.2. The Hall–Kier alpha value is -1.81. The van der Waals surface area contributed by atoms with E-state index in [-0.39, 0.29) is 11.9 Å². The Kier molecular flexibility index (Phi) is 3.25. The summed E-state index contributed by atoms with van der Waals surface area (Å²) in [7, 11) is 0. The Balaban J connectivity index is 1.74. The van der Waals surface area contributed by atoms with Crippen molar-refractivity contribution in [3.05, 3.63) is 51.7 Å². The average molecular weight is 272 g/mol. The number of anilines is 1. The van der Waals surface area contributed by atoms with E-state index in [2.05, 4.69) is 10.6 Å². The lowest BCUT2D eigenvalue weighted by Gasteiger charge is -2.12. The van der Waals surface area contributed by atoms with Crippen LogP contribution in [-0.4, -0.2) is 12.5 Å². The molecule has 1 aromatic heterocycles. The van der Waals surface area contributed by atoms with Gasteiger partial charge < -0.3 is 10.6 Å². The van der Waals surface area contributed by atoms with E-state index >= 15 is 0 Å². The summed E-state index contributed by atoms with van der Waals surface area (Å²) in [6.45, 7) is 2.98. The highest BCUT2D eigenvalue weighted by Crippen LogP contribution is 2.24. The van der Waals surface area contributed by atoms with E-state index in [1.165, 1.54) is 10.4 Å². The lowest BCUT2D eigenvalue weighted by atomic mass is 10.1. The van der Waals surface area contributed by atoms with Gasteiger partial charge in [0.05, 0.1) is 6.04 Å². The van der Waals surface area contributed by atoms with Gasteiger partial charge in [-0.2, -0.15) is 0 Å². The molecule has 0 radical (unpaired) electrons. The zero-order valence-corrected chi connectivity index (χ0v) is 11.6. The number of thiophene rings is 1. The third-order valence-corrected chi connectivity index (χ3v) is 4.45. The molecule has 1 aliphatic rings. The molecule has 1 aliphatic heterocycles. The third-order valence-electron chi connectivity index (χ3n) is 3.39. The maximum Gasteiger partial charge on any atom is 0.251 e. The number of hydrogen-bond donors (Lipinski definition) is 2. The number of hydrogen-bond acceptors (Lipinski definition) is 3. The van der Waals surface area contributed by atoms with Gasteiger partial charge >= 0.3 is 0 Å². The first-order valence-electron chi connectivity index (χ1n) is 6.45. The zero-order valence-electron chi connectivity index (χ0n) is 10.8. The average Bonchev–Trinajstić information content (AvgIpc) is 3.09. The topological polar surface area (TPSA) is 41.1 Å². The Morgan fingerprint density at radius 2 is 2.32 bits per heavy atom. The van der Waals surface area contributed by atoms with Crippen LogP contribution in [0.2, 0.25) is 0 Å². The Labute approximate surface area is 116 Å². The molecule has 0 spiro atoms. The van der Waals surface area contributed by atoms with Crippen molar-refractivity contribution in [1.82, 2.24) is 5.32 Å². The molecular weight excluding hydrogens is 256 g/mol. The second kappa shape index (κ2) is 5.05. The van der Waals surface area contributed by atoms with Crippen molar-refractivity contribution < 1.29 is 4.79 Å². The SMILES string of the molecule is C[C@@H](NC(=O)c1ccc2c(c1)CCN2)c1cccs1. The van der Waals surface area contributed by atoms with Gasteiger partial charge in [0, 0.05) is 22.7 Å². The first-order chi connectivity index (χ1) is 9.24. The molecule has 98 valence electrons. The first-order valence-corrected chi connectivity index (χ1v) is 7.33. The number of rotatable bonds is 3. The molecule has 0 aliphatic carbocycles. The molecular formula is C15H16N2OS. The summed E-state index contributed by atoms with van der Waals surface area (Å²) in [5.41, 5.74) is 3.13. The lowest BCUT2D eigenvalue weighted by molar-refractivity contribution is 0.0940. The minimum atomic E-state index is -0.00407. The van der Waals surface area contributed by atoms with Gasteiger partial charge in [-0.3, -0.25) is 4.79 Å². The molecule has 2 heterocycles. The van der Waals surface area contributed by atoms with Gasteiger partial charge in [-0.25, -0.2) is 0 Å². The summed E-state index contributed by atoms with van der Waals surface area (Å²) in [5, 5.41) is 8.37. The van der Waals surface area contributed by atoms with Crippen molar-refractivity contribution >= 4 is 22.9 Å². The molecule has 0 saturated heterocycles. The molecule has 0 bridgehead atoms. The van der Waals surface area contributed by atoms with Crippen LogP contribution in [0.1, 0.15) is 33.8 Å². The summed E-state index contributed by atoms with van der Waals surface area (Å²) in [6, 6.07) is 9.97. The maximum atomic E-state index is 12.2. The van der Waals surface area contributed by atoms with Gasteiger partial charge in [0.2, 0.25) is 0 Å². The predicted octanol–water partition coefficient (Wildman–Crippen LogP) is 3.21. The molecule has 1 amide bonds. The quantitative estimate of drug-likeness (QED) is 0.901. The largest absolute Gasteiger partial charge is 0.384 e. The molecule has 1 atom stereocenters. The summed E-state index contributed by atoms with van der Waals surface area (Å²) in [4.78, 5) is 13.4. The van der Waals surface area contributed by atoms with Gasteiger partial charge in [0.25, 0.3) is 5.91 Å². The molecule has 3 nitrogen and oxygen atoms in total. The number of benzene rings is 1. The molecule has 1 aromatic carbocycles. The minimum Gasteiger partial charge on any atom is -0.384 e. The van der Waals surface area contributed by atoms with Crippen LogP contribution < -0.4 is 10.6 Å². The number of carbonyl (C=O) groups is 1. The van der Waals surface area contributed by atoms with Crippen LogP contribution in [0.4, 0.5) is 5.69 Å². The van der Waals surface area contributed by atoms with E-state index in [4.69, 9.17) is 0 Å². The van der Waals surface area contributed by atoms with Crippen molar-refractivity contribution in [2.24, 2.45) is 0 Å². The highest BCUT2D eigenvalue weighted by atomic mass is 32.1. The van der Waals surface area contributed by atoms with Crippen molar-refractivity contribution in [1.29, 1.82) is 0 Å².